The number of hydrogen-bond acceptors (Lipinski definition) is 2. The zero-order valence-electron chi connectivity index (χ0n) is 7.80. The second-order valence-electron chi connectivity index (χ2n) is 3.74. The molecule has 2 rings (SSSR count). The van der Waals surface area contributed by atoms with Crippen molar-refractivity contribution in [3.8, 4) is 6.07 Å². The molecule has 1 atom stereocenters. The van der Waals surface area contributed by atoms with Crippen LogP contribution in [0.25, 0.3) is 0 Å². The van der Waals surface area contributed by atoms with Crippen LogP contribution >= 0.6 is 0 Å². The van der Waals surface area contributed by atoms with Crippen LogP contribution in [0, 0.1) is 17.2 Å². The minimum absolute atomic E-state index is 0.187. The third-order valence-electron chi connectivity index (χ3n) is 2.46. The molecule has 0 aromatic heterocycles. The van der Waals surface area contributed by atoms with Crippen molar-refractivity contribution in [1.82, 2.24) is 5.32 Å². The highest BCUT2D eigenvalue weighted by molar-refractivity contribution is 5.37. The maximum atomic E-state index is 12.5. The summed E-state index contributed by atoms with van der Waals surface area (Å²) in [7, 11) is 0. The Morgan fingerprint density at radius 1 is 1.40 bits per heavy atom. The standard InChI is InChI=1S/C10H9F3N2/c11-10(12,13)7-3-8(5-14)15-9(4-7)6-1-2-6/h3-4,6,8,15H,1-2H2. The highest BCUT2D eigenvalue weighted by Gasteiger charge is 2.37. The molecule has 1 unspecified atom stereocenters. The Balaban J connectivity index is 2.27. The molecule has 1 fully saturated rings. The van der Waals surface area contributed by atoms with E-state index >= 15 is 0 Å². The van der Waals surface area contributed by atoms with E-state index in [-0.39, 0.29) is 5.92 Å². The lowest BCUT2D eigenvalue weighted by molar-refractivity contribution is -0.0888. The molecule has 1 N–H and O–H groups in total. The number of alkyl halides is 3. The van der Waals surface area contributed by atoms with E-state index in [4.69, 9.17) is 5.26 Å². The van der Waals surface area contributed by atoms with Gasteiger partial charge < -0.3 is 5.32 Å². The van der Waals surface area contributed by atoms with Gasteiger partial charge in [0.05, 0.1) is 11.6 Å². The van der Waals surface area contributed by atoms with Gasteiger partial charge in [0.1, 0.15) is 6.04 Å². The van der Waals surface area contributed by atoms with Crippen LogP contribution in [0.5, 0.6) is 0 Å². The molecule has 1 saturated carbocycles. The number of hydrogen-bond donors (Lipinski definition) is 1. The lowest BCUT2D eigenvalue weighted by Crippen LogP contribution is -2.31. The Hall–Kier alpha value is -1.44. The molecule has 80 valence electrons. The molecule has 0 aromatic rings. The van der Waals surface area contributed by atoms with E-state index in [1.54, 1.807) is 6.07 Å². The number of nitriles is 1. The summed E-state index contributed by atoms with van der Waals surface area (Å²) in [6.45, 7) is 0. The van der Waals surface area contributed by atoms with Crippen molar-refractivity contribution >= 4 is 0 Å². The number of halogens is 3. The summed E-state index contributed by atoms with van der Waals surface area (Å²) in [6, 6.07) is 0.931. The van der Waals surface area contributed by atoms with E-state index in [9.17, 15) is 13.2 Å². The summed E-state index contributed by atoms with van der Waals surface area (Å²) in [4.78, 5) is 0. The van der Waals surface area contributed by atoms with Gasteiger partial charge in [-0.15, -0.1) is 0 Å². The van der Waals surface area contributed by atoms with Crippen LogP contribution in [0.15, 0.2) is 23.4 Å². The van der Waals surface area contributed by atoms with Crippen LogP contribution in [-0.4, -0.2) is 12.2 Å². The second kappa shape index (κ2) is 3.30. The summed E-state index contributed by atoms with van der Waals surface area (Å²) >= 11 is 0. The van der Waals surface area contributed by atoms with Gasteiger partial charge in [0.2, 0.25) is 0 Å². The number of rotatable bonds is 1. The van der Waals surface area contributed by atoms with Crippen LogP contribution in [0.1, 0.15) is 12.8 Å². The van der Waals surface area contributed by atoms with Crippen molar-refractivity contribution in [1.29, 1.82) is 5.26 Å². The first-order valence-electron chi connectivity index (χ1n) is 4.67. The molecular formula is C10H9F3N2. The summed E-state index contributed by atoms with van der Waals surface area (Å²) in [5, 5.41) is 11.4. The van der Waals surface area contributed by atoms with Crippen molar-refractivity contribution in [3.63, 3.8) is 0 Å². The first-order chi connectivity index (χ1) is 7.00. The highest BCUT2D eigenvalue weighted by Crippen LogP contribution is 2.39. The van der Waals surface area contributed by atoms with Gasteiger partial charge in [-0.1, -0.05) is 0 Å². The van der Waals surface area contributed by atoms with E-state index in [1.807, 2.05) is 0 Å². The maximum Gasteiger partial charge on any atom is 0.416 e. The lowest BCUT2D eigenvalue weighted by atomic mass is 10.0. The first-order valence-corrected chi connectivity index (χ1v) is 4.67. The summed E-state index contributed by atoms with van der Waals surface area (Å²) in [5.41, 5.74) is -0.161. The van der Waals surface area contributed by atoms with Gasteiger partial charge >= 0.3 is 6.18 Å². The molecule has 1 aliphatic carbocycles. The Labute approximate surface area is 85.1 Å². The molecule has 0 bridgehead atoms. The van der Waals surface area contributed by atoms with Crippen LogP contribution in [0.4, 0.5) is 13.2 Å². The van der Waals surface area contributed by atoms with E-state index < -0.39 is 17.8 Å². The number of nitrogens with zero attached hydrogens (tertiary/aromatic N) is 1. The third-order valence-corrected chi connectivity index (χ3v) is 2.46. The van der Waals surface area contributed by atoms with E-state index in [1.165, 1.54) is 0 Å². The SMILES string of the molecule is N#CC1C=C(C(F)(F)F)C=C(C2CC2)N1. The fourth-order valence-electron chi connectivity index (χ4n) is 1.53. The first kappa shape index (κ1) is 10.1. The van der Waals surface area contributed by atoms with Crippen molar-refractivity contribution in [2.24, 2.45) is 5.92 Å². The topological polar surface area (TPSA) is 35.8 Å². The fraction of sp³-hybridized carbons (Fsp3) is 0.500. The van der Waals surface area contributed by atoms with Crippen LogP contribution in [0.2, 0.25) is 0 Å². The minimum atomic E-state index is -4.36. The lowest BCUT2D eigenvalue weighted by Gasteiger charge is -2.21. The molecule has 1 aliphatic heterocycles. The fourth-order valence-corrected chi connectivity index (χ4v) is 1.53. The number of allylic oxidation sites excluding steroid dienone is 3. The second-order valence-corrected chi connectivity index (χ2v) is 3.74. The summed E-state index contributed by atoms with van der Waals surface area (Å²) in [5.74, 6) is 0.187. The molecular weight excluding hydrogens is 205 g/mol. The van der Waals surface area contributed by atoms with Gasteiger partial charge in [0, 0.05) is 5.70 Å². The van der Waals surface area contributed by atoms with E-state index in [0.717, 1.165) is 25.0 Å². The Morgan fingerprint density at radius 2 is 2.07 bits per heavy atom. The largest absolute Gasteiger partial charge is 0.416 e. The molecule has 0 aromatic carbocycles. The third kappa shape index (κ3) is 2.14. The zero-order chi connectivity index (χ0) is 11.1. The van der Waals surface area contributed by atoms with Gasteiger partial charge in [-0.25, -0.2) is 0 Å². The molecule has 0 saturated heterocycles. The Kier molecular flexibility index (Phi) is 2.22. The molecule has 2 aliphatic rings. The summed E-state index contributed by atoms with van der Waals surface area (Å²) in [6.07, 6.45) is -0.515. The monoisotopic (exact) mass is 214 g/mol. The van der Waals surface area contributed by atoms with Gasteiger partial charge in [0.25, 0.3) is 0 Å². The van der Waals surface area contributed by atoms with Gasteiger partial charge in [-0.05, 0) is 30.9 Å². The average Bonchev–Trinajstić information content (AvgIpc) is 2.99. The van der Waals surface area contributed by atoms with Crippen molar-refractivity contribution in [2.45, 2.75) is 25.1 Å². The molecule has 0 spiro atoms. The van der Waals surface area contributed by atoms with E-state index in [2.05, 4.69) is 5.32 Å². The van der Waals surface area contributed by atoms with Crippen LogP contribution in [-0.2, 0) is 0 Å². The van der Waals surface area contributed by atoms with Crippen molar-refractivity contribution in [3.05, 3.63) is 23.4 Å². The van der Waals surface area contributed by atoms with E-state index in [0.29, 0.717) is 5.70 Å². The number of nitrogens with one attached hydrogen (secondary N) is 1. The molecule has 15 heavy (non-hydrogen) atoms. The number of dihydropyridines is 1. The summed E-state index contributed by atoms with van der Waals surface area (Å²) < 4.78 is 37.4. The Morgan fingerprint density at radius 3 is 2.53 bits per heavy atom. The molecule has 0 radical (unpaired) electrons. The quantitative estimate of drug-likeness (QED) is 0.726. The van der Waals surface area contributed by atoms with Gasteiger partial charge in [-0.2, -0.15) is 18.4 Å². The van der Waals surface area contributed by atoms with Gasteiger partial charge in [-0.3, -0.25) is 0 Å². The molecule has 5 heteroatoms. The molecule has 2 nitrogen and oxygen atoms in total. The zero-order valence-corrected chi connectivity index (χ0v) is 7.80. The highest BCUT2D eigenvalue weighted by atomic mass is 19.4. The minimum Gasteiger partial charge on any atom is -0.370 e. The van der Waals surface area contributed by atoms with Crippen molar-refractivity contribution < 1.29 is 13.2 Å². The van der Waals surface area contributed by atoms with Crippen LogP contribution < -0.4 is 5.32 Å². The van der Waals surface area contributed by atoms with Gasteiger partial charge in [0.15, 0.2) is 0 Å². The van der Waals surface area contributed by atoms with Crippen molar-refractivity contribution in [2.75, 3.05) is 0 Å². The average molecular weight is 214 g/mol. The Bertz CT molecular complexity index is 369. The molecule has 0 amide bonds. The maximum absolute atomic E-state index is 12.5. The predicted molar refractivity (Wildman–Crippen MR) is 47.5 cm³/mol. The normalized spacial score (nSPS) is 26.1. The molecule has 1 heterocycles. The van der Waals surface area contributed by atoms with Crippen LogP contribution in [0.3, 0.4) is 0 Å². The smallest absolute Gasteiger partial charge is 0.370 e. The predicted octanol–water partition coefficient (Wildman–Crippen LogP) is 2.26.